The number of benzene rings is 1. The molecule has 23 heavy (non-hydrogen) atoms. The fourth-order valence-electron chi connectivity index (χ4n) is 2.26. The zero-order chi connectivity index (χ0) is 17.0. The van der Waals surface area contributed by atoms with Gasteiger partial charge in [0.25, 0.3) is 0 Å². The molecule has 2 aromatic rings. The Balaban J connectivity index is 1.88. The molecule has 1 atom stereocenters. The summed E-state index contributed by atoms with van der Waals surface area (Å²) in [7, 11) is 0. The molecular weight excluding hydrogens is 306 g/mol. The molecule has 0 saturated heterocycles. The number of nitrogens with zero attached hydrogens (tertiary/aromatic N) is 1. The van der Waals surface area contributed by atoms with Gasteiger partial charge in [-0.15, -0.1) is 11.3 Å². The van der Waals surface area contributed by atoms with Crippen LogP contribution in [0.4, 0.5) is 4.79 Å². The summed E-state index contributed by atoms with van der Waals surface area (Å²) in [5, 5.41) is 6.84. The highest BCUT2D eigenvalue weighted by molar-refractivity contribution is 7.11. The predicted molar refractivity (Wildman–Crippen MR) is 95.8 cm³/mol. The van der Waals surface area contributed by atoms with Gasteiger partial charge in [-0.3, -0.25) is 0 Å². The van der Waals surface area contributed by atoms with Gasteiger partial charge in [0.2, 0.25) is 0 Å². The van der Waals surface area contributed by atoms with Crippen LogP contribution in [0.25, 0.3) is 0 Å². The van der Waals surface area contributed by atoms with E-state index < -0.39 is 0 Å². The molecule has 1 heterocycles. The van der Waals surface area contributed by atoms with Gasteiger partial charge in [-0.2, -0.15) is 0 Å². The average Bonchev–Trinajstić information content (AvgIpc) is 2.90. The second-order valence-corrected chi connectivity index (χ2v) is 8.09. The van der Waals surface area contributed by atoms with Gasteiger partial charge in [0, 0.05) is 11.1 Å². The van der Waals surface area contributed by atoms with Gasteiger partial charge in [0.05, 0.1) is 17.6 Å². The Bertz CT molecular complexity index is 656. The van der Waals surface area contributed by atoms with Crippen LogP contribution >= 0.6 is 11.3 Å². The molecular formula is C18H25N3OS. The van der Waals surface area contributed by atoms with Crippen LogP contribution in [0, 0.1) is 6.92 Å². The number of nitrogens with one attached hydrogen (secondary N) is 2. The van der Waals surface area contributed by atoms with Crippen molar-refractivity contribution in [1.82, 2.24) is 15.6 Å². The van der Waals surface area contributed by atoms with Gasteiger partial charge < -0.3 is 10.6 Å². The molecule has 0 aliphatic heterocycles. The largest absolute Gasteiger partial charge is 0.333 e. The highest BCUT2D eigenvalue weighted by atomic mass is 32.1. The summed E-state index contributed by atoms with van der Waals surface area (Å²) >= 11 is 1.60. The van der Waals surface area contributed by atoms with Gasteiger partial charge in [0.15, 0.2) is 0 Å². The lowest BCUT2D eigenvalue weighted by molar-refractivity contribution is 0.237. The van der Waals surface area contributed by atoms with E-state index in [1.165, 1.54) is 5.56 Å². The van der Waals surface area contributed by atoms with Crippen LogP contribution in [0.5, 0.6) is 0 Å². The summed E-state index contributed by atoms with van der Waals surface area (Å²) in [5.74, 6) is 0. The van der Waals surface area contributed by atoms with Gasteiger partial charge in [-0.05, 0) is 30.4 Å². The van der Waals surface area contributed by atoms with Gasteiger partial charge in [0.1, 0.15) is 0 Å². The fourth-order valence-corrected chi connectivity index (χ4v) is 2.99. The van der Waals surface area contributed by atoms with Crippen molar-refractivity contribution >= 4 is 17.4 Å². The van der Waals surface area contributed by atoms with Crippen molar-refractivity contribution in [2.75, 3.05) is 0 Å². The quantitative estimate of drug-likeness (QED) is 0.877. The highest BCUT2D eigenvalue weighted by Crippen LogP contribution is 2.23. The van der Waals surface area contributed by atoms with Crippen LogP contribution < -0.4 is 10.6 Å². The smallest absolute Gasteiger partial charge is 0.315 e. The second kappa shape index (κ2) is 7.13. The molecule has 2 amide bonds. The van der Waals surface area contributed by atoms with Crippen molar-refractivity contribution in [1.29, 1.82) is 0 Å². The molecule has 0 saturated carbocycles. The Hall–Kier alpha value is -1.88. The van der Waals surface area contributed by atoms with E-state index in [1.54, 1.807) is 17.5 Å². The maximum atomic E-state index is 12.0. The van der Waals surface area contributed by atoms with Gasteiger partial charge >= 0.3 is 6.03 Å². The van der Waals surface area contributed by atoms with Crippen molar-refractivity contribution in [3.8, 4) is 0 Å². The van der Waals surface area contributed by atoms with Crippen LogP contribution in [0.1, 0.15) is 54.7 Å². The van der Waals surface area contributed by atoms with Crippen LogP contribution in [-0.4, -0.2) is 11.0 Å². The van der Waals surface area contributed by atoms with E-state index in [1.807, 2.05) is 13.8 Å². The number of hydrogen-bond acceptors (Lipinski definition) is 3. The average molecular weight is 331 g/mol. The molecule has 0 spiro atoms. The number of carbonyl (C=O) groups is 1. The number of aromatic nitrogens is 1. The van der Waals surface area contributed by atoms with Crippen molar-refractivity contribution in [2.45, 2.75) is 52.6 Å². The van der Waals surface area contributed by atoms with E-state index in [0.29, 0.717) is 6.54 Å². The molecule has 1 unspecified atom stereocenters. The summed E-state index contributed by atoms with van der Waals surface area (Å²) in [6.07, 6.45) is 1.80. The lowest BCUT2D eigenvalue weighted by atomic mass is 9.86. The lowest BCUT2D eigenvalue weighted by Gasteiger charge is -2.20. The fraction of sp³-hybridized carbons (Fsp3) is 0.444. The maximum absolute atomic E-state index is 12.0. The zero-order valence-corrected chi connectivity index (χ0v) is 15.3. The van der Waals surface area contributed by atoms with E-state index in [2.05, 4.69) is 60.7 Å². The molecule has 2 N–H and O–H groups in total. The first kappa shape index (κ1) is 17.5. The second-order valence-electron chi connectivity index (χ2n) is 6.77. The molecule has 5 heteroatoms. The first-order chi connectivity index (χ1) is 10.8. The van der Waals surface area contributed by atoms with E-state index in [0.717, 1.165) is 15.4 Å². The Morgan fingerprint density at radius 3 is 2.43 bits per heavy atom. The lowest BCUT2D eigenvalue weighted by Crippen LogP contribution is -2.36. The minimum Gasteiger partial charge on any atom is -0.333 e. The van der Waals surface area contributed by atoms with Crippen molar-refractivity contribution in [2.24, 2.45) is 0 Å². The number of aryl methyl sites for hydroxylation is 1. The molecule has 124 valence electrons. The molecule has 0 aliphatic rings. The Kier molecular flexibility index (Phi) is 5.42. The normalized spacial score (nSPS) is 12.7. The monoisotopic (exact) mass is 331 g/mol. The number of hydrogen-bond donors (Lipinski definition) is 2. The third-order valence-electron chi connectivity index (χ3n) is 3.72. The first-order valence-electron chi connectivity index (χ1n) is 7.82. The summed E-state index contributed by atoms with van der Waals surface area (Å²) in [6.45, 7) is 11.0. The van der Waals surface area contributed by atoms with Crippen LogP contribution in [-0.2, 0) is 12.0 Å². The molecule has 0 aliphatic carbocycles. The van der Waals surface area contributed by atoms with Crippen LogP contribution in [0.2, 0.25) is 0 Å². The third kappa shape index (κ3) is 5.06. The van der Waals surface area contributed by atoms with E-state index in [9.17, 15) is 4.79 Å². The van der Waals surface area contributed by atoms with Gasteiger partial charge in [-0.25, -0.2) is 9.78 Å². The predicted octanol–water partition coefficient (Wildman–Crippen LogP) is 4.31. The third-order valence-corrected chi connectivity index (χ3v) is 4.63. The molecule has 1 aromatic carbocycles. The summed E-state index contributed by atoms with van der Waals surface area (Å²) in [4.78, 5) is 17.2. The highest BCUT2D eigenvalue weighted by Gasteiger charge is 2.15. The van der Waals surface area contributed by atoms with Gasteiger partial charge in [-0.1, -0.05) is 45.0 Å². The van der Waals surface area contributed by atoms with E-state index in [-0.39, 0.29) is 17.5 Å². The standard InChI is InChI=1S/C18H25N3OS/c1-12(14-6-8-15(9-7-14)18(3,4)5)21-17(22)20-11-16-10-19-13(2)23-16/h6-10,12H,11H2,1-5H3,(H2,20,21,22). The zero-order valence-electron chi connectivity index (χ0n) is 14.4. The minimum absolute atomic E-state index is 0.0350. The summed E-state index contributed by atoms with van der Waals surface area (Å²) < 4.78 is 0. The van der Waals surface area contributed by atoms with Crippen molar-refractivity contribution < 1.29 is 4.79 Å². The van der Waals surface area contributed by atoms with Crippen LogP contribution in [0.3, 0.4) is 0 Å². The number of thiazole rings is 1. The van der Waals surface area contributed by atoms with E-state index in [4.69, 9.17) is 0 Å². The molecule has 0 radical (unpaired) electrons. The Morgan fingerprint density at radius 1 is 1.26 bits per heavy atom. The number of rotatable bonds is 4. The summed E-state index contributed by atoms with van der Waals surface area (Å²) in [6, 6.07) is 8.23. The number of carbonyl (C=O) groups excluding carboxylic acids is 1. The minimum atomic E-state index is -0.163. The van der Waals surface area contributed by atoms with Crippen molar-refractivity contribution in [3.05, 3.63) is 51.5 Å². The molecule has 4 nitrogen and oxygen atoms in total. The Labute approximate surface area is 142 Å². The van der Waals surface area contributed by atoms with Crippen LogP contribution in [0.15, 0.2) is 30.5 Å². The molecule has 0 fully saturated rings. The first-order valence-corrected chi connectivity index (χ1v) is 8.63. The molecule has 0 bridgehead atoms. The molecule has 2 rings (SSSR count). The number of amides is 2. The summed E-state index contributed by atoms with van der Waals surface area (Å²) in [5.41, 5.74) is 2.53. The Morgan fingerprint density at radius 2 is 1.91 bits per heavy atom. The van der Waals surface area contributed by atoms with Crippen molar-refractivity contribution in [3.63, 3.8) is 0 Å². The molecule has 1 aromatic heterocycles. The number of urea groups is 1. The SMILES string of the molecule is Cc1ncc(CNC(=O)NC(C)c2ccc(C(C)(C)C)cc2)s1. The van der Waals surface area contributed by atoms with E-state index >= 15 is 0 Å². The topological polar surface area (TPSA) is 54.0 Å². The maximum Gasteiger partial charge on any atom is 0.315 e.